The number of aryl methyl sites for hydroxylation is 1. The molecule has 0 spiro atoms. The standard InChI is InChI=1S/C10H8BrN3O2/c1-7-4-10(14(15)16)9(5-8(7)11)13-3-2-12-6-13/h2-6H,1H3. The topological polar surface area (TPSA) is 61.0 Å². The van der Waals surface area contributed by atoms with E-state index in [1.807, 2.05) is 6.92 Å². The number of imidazole rings is 1. The van der Waals surface area contributed by atoms with E-state index in [1.165, 1.54) is 6.33 Å². The number of rotatable bonds is 2. The Kier molecular flexibility index (Phi) is 2.74. The summed E-state index contributed by atoms with van der Waals surface area (Å²) in [5.41, 5.74) is 1.40. The summed E-state index contributed by atoms with van der Waals surface area (Å²) in [5.74, 6) is 0. The van der Waals surface area contributed by atoms with E-state index in [0.29, 0.717) is 5.69 Å². The lowest BCUT2D eigenvalue weighted by Gasteiger charge is -2.06. The first kappa shape index (κ1) is 10.8. The summed E-state index contributed by atoms with van der Waals surface area (Å²) in [7, 11) is 0. The molecule has 82 valence electrons. The average Bonchev–Trinajstić information content (AvgIpc) is 2.74. The molecule has 0 unspecified atom stereocenters. The molecule has 0 saturated carbocycles. The third kappa shape index (κ3) is 1.83. The molecule has 1 aromatic heterocycles. The van der Waals surface area contributed by atoms with Crippen molar-refractivity contribution in [2.75, 3.05) is 0 Å². The first-order valence-corrected chi connectivity index (χ1v) is 5.32. The third-order valence-electron chi connectivity index (χ3n) is 2.24. The number of halogens is 1. The Bertz CT molecular complexity index is 537. The van der Waals surface area contributed by atoms with Gasteiger partial charge in [0.1, 0.15) is 5.69 Å². The lowest BCUT2D eigenvalue weighted by molar-refractivity contribution is -0.384. The summed E-state index contributed by atoms with van der Waals surface area (Å²) in [5, 5.41) is 10.9. The Morgan fingerprint density at radius 1 is 1.50 bits per heavy atom. The minimum absolute atomic E-state index is 0.0682. The van der Waals surface area contributed by atoms with Crippen molar-refractivity contribution in [3.05, 3.63) is 51.0 Å². The van der Waals surface area contributed by atoms with E-state index in [-0.39, 0.29) is 5.69 Å². The maximum Gasteiger partial charge on any atom is 0.293 e. The molecule has 2 rings (SSSR count). The lowest BCUT2D eigenvalue weighted by atomic mass is 10.2. The van der Waals surface area contributed by atoms with Crippen LogP contribution in [0.25, 0.3) is 5.69 Å². The molecule has 0 aliphatic carbocycles. The second kappa shape index (κ2) is 4.05. The summed E-state index contributed by atoms with van der Waals surface area (Å²) in [4.78, 5) is 14.4. The van der Waals surface area contributed by atoms with Crippen LogP contribution in [-0.4, -0.2) is 14.5 Å². The number of nitro groups is 1. The Morgan fingerprint density at radius 2 is 2.25 bits per heavy atom. The number of hydrogen-bond donors (Lipinski definition) is 0. The molecule has 2 aromatic rings. The van der Waals surface area contributed by atoms with Gasteiger partial charge in [-0.25, -0.2) is 4.98 Å². The van der Waals surface area contributed by atoms with E-state index in [1.54, 1.807) is 29.1 Å². The zero-order chi connectivity index (χ0) is 11.7. The fraction of sp³-hybridized carbons (Fsp3) is 0.100. The van der Waals surface area contributed by atoms with Gasteiger partial charge in [-0.15, -0.1) is 0 Å². The Hall–Kier alpha value is -1.69. The van der Waals surface area contributed by atoms with Gasteiger partial charge in [-0.1, -0.05) is 15.9 Å². The second-order valence-electron chi connectivity index (χ2n) is 3.32. The van der Waals surface area contributed by atoms with Gasteiger partial charge >= 0.3 is 0 Å². The minimum atomic E-state index is -0.394. The molecule has 0 fully saturated rings. The Morgan fingerprint density at radius 3 is 2.81 bits per heavy atom. The van der Waals surface area contributed by atoms with Crippen LogP contribution in [0.2, 0.25) is 0 Å². The molecular formula is C10H8BrN3O2. The third-order valence-corrected chi connectivity index (χ3v) is 3.09. The fourth-order valence-corrected chi connectivity index (χ4v) is 1.74. The molecule has 0 bridgehead atoms. The molecule has 0 saturated heterocycles. The van der Waals surface area contributed by atoms with Crippen molar-refractivity contribution in [2.45, 2.75) is 6.92 Å². The van der Waals surface area contributed by atoms with Gasteiger partial charge in [-0.3, -0.25) is 10.1 Å². The van der Waals surface area contributed by atoms with Crippen LogP contribution in [0.15, 0.2) is 35.3 Å². The molecule has 1 heterocycles. The summed E-state index contributed by atoms with van der Waals surface area (Å²) in [6.45, 7) is 1.81. The minimum Gasteiger partial charge on any atom is -0.300 e. The molecule has 0 N–H and O–H groups in total. The highest BCUT2D eigenvalue weighted by Crippen LogP contribution is 2.29. The van der Waals surface area contributed by atoms with Crippen LogP contribution >= 0.6 is 15.9 Å². The van der Waals surface area contributed by atoms with E-state index in [2.05, 4.69) is 20.9 Å². The fourth-order valence-electron chi connectivity index (χ4n) is 1.41. The SMILES string of the molecule is Cc1cc([N+](=O)[O-])c(-n2ccnc2)cc1Br. The number of aromatic nitrogens is 2. The second-order valence-corrected chi connectivity index (χ2v) is 4.17. The molecule has 0 atom stereocenters. The van der Waals surface area contributed by atoms with Crippen LogP contribution in [0, 0.1) is 17.0 Å². The van der Waals surface area contributed by atoms with Crippen LogP contribution in [0.3, 0.4) is 0 Å². The van der Waals surface area contributed by atoms with E-state index in [0.717, 1.165) is 10.0 Å². The van der Waals surface area contributed by atoms with Crippen molar-refractivity contribution in [1.82, 2.24) is 9.55 Å². The summed E-state index contributed by atoms with van der Waals surface area (Å²) >= 11 is 3.36. The number of nitrogens with zero attached hydrogens (tertiary/aromatic N) is 3. The number of hydrogen-bond acceptors (Lipinski definition) is 3. The first-order valence-electron chi connectivity index (χ1n) is 4.52. The van der Waals surface area contributed by atoms with Crippen molar-refractivity contribution >= 4 is 21.6 Å². The highest BCUT2D eigenvalue weighted by Gasteiger charge is 2.16. The van der Waals surface area contributed by atoms with Gasteiger partial charge in [0.25, 0.3) is 5.69 Å². The number of nitro benzene ring substituents is 1. The largest absolute Gasteiger partial charge is 0.300 e. The Labute approximate surface area is 100 Å². The highest BCUT2D eigenvalue weighted by atomic mass is 79.9. The van der Waals surface area contributed by atoms with Gasteiger partial charge in [0.15, 0.2) is 0 Å². The molecule has 6 heteroatoms. The smallest absolute Gasteiger partial charge is 0.293 e. The van der Waals surface area contributed by atoms with E-state index < -0.39 is 4.92 Å². The van der Waals surface area contributed by atoms with Crippen LogP contribution in [0.4, 0.5) is 5.69 Å². The normalized spacial score (nSPS) is 10.4. The Balaban J connectivity index is 2.68. The quantitative estimate of drug-likeness (QED) is 0.628. The average molecular weight is 282 g/mol. The van der Waals surface area contributed by atoms with Gasteiger partial charge < -0.3 is 4.57 Å². The van der Waals surface area contributed by atoms with Crippen LogP contribution < -0.4 is 0 Å². The molecule has 0 radical (unpaired) electrons. The van der Waals surface area contributed by atoms with Gasteiger partial charge in [-0.05, 0) is 18.6 Å². The van der Waals surface area contributed by atoms with Crippen molar-refractivity contribution in [3.63, 3.8) is 0 Å². The molecular weight excluding hydrogens is 274 g/mol. The van der Waals surface area contributed by atoms with Crippen LogP contribution in [0.5, 0.6) is 0 Å². The van der Waals surface area contributed by atoms with Crippen molar-refractivity contribution in [2.24, 2.45) is 0 Å². The zero-order valence-electron chi connectivity index (χ0n) is 8.42. The molecule has 0 aliphatic rings. The van der Waals surface area contributed by atoms with Crippen LogP contribution in [0.1, 0.15) is 5.56 Å². The summed E-state index contributed by atoms with van der Waals surface area (Å²) < 4.78 is 2.45. The van der Waals surface area contributed by atoms with Gasteiger partial charge in [0.2, 0.25) is 0 Å². The van der Waals surface area contributed by atoms with Gasteiger partial charge in [-0.2, -0.15) is 0 Å². The van der Waals surface area contributed by atoms with Crippen molar-refractivity contribution in [1.29, 1.82) is 0 Å². The van der Waals surface area contributed by atoms with E-state index >= 15 is 0 Å². The monoisotopic (exact) mass is 281 g/mol. The van der Waals surface area contributed by atoms with E-state index in [9.17, 15) is 10.1 Å². The van der Waals surface area contributed by atoms with Crippen LogP contribution in [-0.2, 0) is 0 Å². The molecule has 16 heavy (non-hydrogen) atoms. The molecule has 5 nitrogen and oxygen atoms in total. The number of benzene rings is 1. The molecule has 0 amide bonds. The van der Waals surface area contributed by atoms with Crippen molar-refractivity contribution < 1.29 is 4.92 Å². The van der Waals surface area contributed by atoms with Crippen molar-refractivity contribution in [3.8, 4) is 5.69 Å². The molecule has 1 aromatic carbocycles. The van der Waals surface area contributed by atoms with Gasteiger partial charge in [0, 0.05) is 22.9 Å². The summed E-state index contributed by atoms with van der Waals surface area (Å²) in [6, 6.07) is 3.26. The maximum absolute atomic E-state index is 10.9. The predicted molar refractivity (Wildman–Crippen MR) is 62.7 cm³/mol. The molecule has 0 aliphatic heterocycles. The summed E-state index contributed by atoms with van der Waals surface area (Å²) in [6.07, 6.45) is 4.78. The lowest BCUT2D eigenvalue weighted by Crippen LogP contribution is -1.99. The maximum atomic E-state index is 10.9. The predicted octanol–water partition coefficient (Wildman–Crippen LogP) is 2.85. The van der Waals surface area contributed by atoms with Gasteiger partial charge in [0.05, 0.1) is 11.3 Å². The highest BCUT2D eigenvalue weighted by molar-refractivity contribution is 9.10. The zero-order valence-corrected chi connectivity index (χ0v) is 10.0. The van der Waals surface area contributed by atoms with E-state index in [4.69, 9.17) is 0 Å². The first-order chi connectivity index (χ1) is 7.59.